The van der Waals surface area contributed by atoms with Crippen molar-refractivity contribution in [1.29, 1.82) is 0 Å². The molecule has 3 aromatic heterocycles. The largest absolute Gasteiger partial charge is 0.467 e. The number of hydrogen-bond donors (Lipinski definition) is 1. The topological polar surface area (TPSA) is 68.2 Å². The molecule has 0 aliphatic carbocycles. The number of halogens is 3. The van der Waals surface area contributed by atoms with Crippen LogP contribution in [0.25, 0.3) is 5.65 Å². The summed E-state index contributed by atoms with van der Waals surface area (Å²) in [5.74, 6) is -0.169. The highest BCUT2D eigenvalue weighted by Crippen LogP contribution is 2.29. The number of hydrogen-bond acceptors (Lipinski definition) is 5. The van der Waals surface area contributed by atoms with E-state index >= 15 is 0 Å². The zero-order chi connectivity index (χ0) is 15.9. The van der Waals surface area contributed by atoms with E-state index in [0.29, 0.717) is 33.8 Å². The van der Waals surface area contributed by atoms with Gasteiger partial charge in [-0.2, -0.15) is 17.7 Å². The molecular formula is C13H12F3N5O. The van der Waals surface area contributed by atoms with Crippen molar-refractivity contribution in [2.24, 2.45) is 0 Å². The third kappa shape index (κ3) is 2.38. The number of rotatable bonds is 3. The summed E-state index contributed by atoms with van der Waals surface area (Å²) >= 11 is 0. The molecule has 0 aliphatic rings. The summed E-state index contributed by atoms with van der Waals surface area (Å²) in [5, 5.41) is 13.7. The van der Waals surface area contributed by atoms with Crippen molar-refractivity contribution >= 4 is 11.5 Å². The Bertz CT molecular complexity index is 807. The minimum absolute atomic E-state index is 0.0911. The van der Waals surface area contributed by atoms with E-state index in [1.165, 1.54) is 6.26 Å². The number of anilines is 1. The molecule has 0 amide bonds. The van der Waals surface area contributed by atoms with E-state index < -0.39 is 12.0 Å². The SMILES string of the molecule is Cc1c(NCc2ccco2)nn2c(C(F)(F)F)nnc2c1C. The van der Waals surface area contributed by atoms with Gasteiger partial charge in [0.15, 0.2) is 11.5 Å². The summed E-state index contributed by atoms with van der Waals surface area (Å²) in [7, 11) is 0. The third-order valence-electron chi connectivity index (χ3n) is 3.36. The highest BCUT2D eigenvalue weighted by atomic mass is 19.4. The number of nitrogens with one attached hydrogen (secondary N) is 1. The lowest BCUT2D eigenvalue weighted by atomic mass is 10.2. The summed E-state index contributed by atoms with van der Waals surface area (Å²) in [4.78, 5) is 0. The lowest BCUT2D eigenvalue weighted by Gasteiger charge is -2.11. The zero-order valence-corrected chi connectivity index (χ0v) is 11.8. The molecule has 3 rings (SSSR count). The summed E-state index contributed by atoms with van der Waals surface area (Å²) in [6, 6.07) is 3.49. The predicted molar refractivity (Wildman–Crippen MR) is 71.3 cm³/mol. The first-order valence-corrected chi connectivity index (χ1v) is 6.44. The molecule has 0 saturated carbocycles. The molecule has 22 heavy (non-hydrogen) atoms. The van der Waals surface area contributed by atoms with Gasteiger partial charge in [0.2, 0.25) is 0 Å². The zero-order valence-electron chi connectivity index (χ0n) is 11.8. The van der Waals surface area contributed by atoms with E-state index in [1.807, 2.05) is 0 Å². The van der Waals surface area contributed by atoms with Gasteiger partial charge >= 0.3 is 6.18 Å². The van der Waals surface area contributed by atoms with Crippen LogP contribution in [0.5, 0.6) is 0 Å². The fourth-order valence-corrected chi connectivity index (χ4v) is 2.06. The van der Waals surface area contributed by atoms with E-state index in [4.69, 9.17) is 4.42 Å². The van der Waals surface area contributed by atoms with E-state index in [0.717, 1.165) is 0 Å². The van der Waals surface area contributed by atoms with Gasteiger partial charge in [-0.1, -0.05) is 0 Å². The minimum atomic E-state index is -4.62. The molecule has 0 aliphatic heterocycles. The second kappa shape index (κ2) is 5.00. The van der Waals surface area contributed by atoms with Gasteiger partial charge < -0.3 is 9.73 Å². The number of aromatic nitrogens is 4. The maximum atomic E-state index is 12.9. The Kier molecular flexibility index (Phi) is 3.27. The monoisotopic (exact) mass is 311 g/mol. The number of aryl methyl sites for hydroxylation is 1. The summed E-state index contributed by atoms with van der Waals surface area (Å²) in [6.07, 6.45) is -3.10. The first-order chi connectivity index (χ1) is 10.4. The van der Waals surface area contributed by atoms with Gasteiger partial charge in [-0.3, -0.25) is 0 Å². The Morgan fingerprint density at radius 3 is 2.64 bits per heavy atom. The molecule has 0 unspecified atom stereocenters. The molecule has 3 aromatic rings. The highest BCUT2D eigenvalue weighted by Gasteiger charge is 2.38. The highest BCUT2D eigenvalue weighted by molar-refractivity contribution is 5.58. The predicted octanol–water partition coefficient (Wildman–Crippen LogP) is 2.97. The van der Waals surface area contributed by atoms with Crippen molar-refractivity contribution in [3.63, 3.8) is 0 Å². The lowest BCUT2D eigenvalue weighted by molar-refractivity contribution is -0.146. The van der Waals surface area contributed by atoms with Gasteiger partial charge in [-0.25, -0.2) is 0 Å². The van der Waals surface area contributed by atoms with E-state index in [-0.39, 0.29) is 5.65 Å². The van der Waals surface area contributed by atoms with Crippen LogP contribution < -0.4 is 5.32 Å². The molecule has 1 N–H and O–H groups in total. The second-order valence-electron chi connectivity index (χ2n) is 4.79. The molecule has 0 bridgehead atoms. The first kappa shape index (κ1) is 14.4. The maximum absolute atomic E-state index is 12.9. The number of fused-ring (bicyclic) bond motifs is 1. The quantitative estimate of drug-likeness (QED) is 0.805. The molecule has 0 radical (unpaired) electrons. The Morgan fingerprint density at radius 1 is 1.23 bits per heavy atom. The van der Waals surface area contributed by atoms with Crippen LogP contribution >= 0.6 is 0 Å². The van der Waals surface area contributed by atoms with Crippen molar-refractivity contribution in [2.45, 2.75) is 26.6 Å². The lowest BCUT2D eigenvalue weighted by Crippen LogP contribution is -2.15. The Labute approximate surface area is 123 Å². The van der Waals surface area contributed by atoms with E-state index in [1.54, 1.807) is 26.0 Å². The van der Waals surface area contributed by atoms with Gasteiger partial charge in [0.05, 0.1) is 12.8 Å². The third-order valence-corrected chi connectivity index (χ3v) is 3.36. The van der Waals surface area contributed by atoms with Crippen molar-refractivity contribution < 1.29 is 17.6 Å². The maximum Gasteiger partial charge on any atom is 0.453 e. The van der Waals surface area contributed by atoms with Gasteiger partial charge in [-0.15, -0.1) is 15.3 Å². The normalized spacial score (nSPS) is 12.0. The molecular weight excluding hydrogens is 299 g/mol. The fraction of sp³-hybridized carbons (Fsp3) is 0.308. The first-order valence-electron chi connectivity index (χ1n) is 6.44. The molecule has 0 spiro atoms. The Balaban J connectivity index is 2.04. The molecule has 0 atom stereocenters. The van der Waals surface area contributed by atoms with Crippen molar-refractivity contribution in [3.05, 3.63) is 41.1 Å². The van der Waals surface area contributed by atoms with E-state index in [9.17, 15) is 13.2 Å². The molecule has 0 fully saturated rings. The van der Waals surface area contributed by atoms with Crippen LogP contribution in [-0.2, 0) is 12.7 Å². The van der Waals surface area contributed by atoms with Gasteiger partial charge in [0.25, 0.3) is 5.82 Å². The molecule has 0 aromatic carbocycles. The molecule has 3 heterocycles. The van der Waals surface area contributed by atoms with Crippen molar-refractivity contribution in [3.8, 4) is 0 Å². The van der Waals surface area contributed by atoms with Gasteiger partial charge in [-0.05, 0) is 31.5 Å². The van der Waals surface area contributed by atoms with Crippen molar-refractivity contribution in [1.82, 2.24) is 19.8 Å². The van der Waals surface area contributed by atoms with Crippen molar-refractivity contribution in [2.75, 3.05) is 5.32 Å². The van der Waals surface area contributed by atoms with E-state index in [2.05, 4.69) is 20.6 Å². The summed E-state index contributed by atoms with van der Waals surface area (Å²) in [6.45, 7) is 3.75. The number of alkyl halides is 3. The van der Waals surface area contributed by atoms with Crippen LogP contribution in [0.15, 0.2) is 22.8 Å². The van der Waals surface area contributed by atoms with Gasteiger partial charge in [0.1, 0.15) is 5.76 Å². The molecule has 0 saturated heterocycles. The average Bonchev–Trinajstić information content (AvgIpc) is 3.09. The van der Waals surface area contributed by atoms with Crippen LogP contribution in [0, 0.1) is 13.8 Å². The second-order valence-corrected chi connectivity index (χ2v) is 4.79. The number of furan rings is 1. The number of nitrogens with zero attached hydrogens (tertiary/aromatic N) is 4. The smallest absolute Gasteiger partial charge is 0.453 e. The summed E-state index contributed by atoms with van der Waals surface area (Å²) < 4.78 is 44.7. The molecule has 9 heteroatoms. The van der Waals surface area contributed by atoms with Crippen LogP contribution in [-0.4, -0.2) is 19.8 Å². The summed E-state index contributed by atoms with van der Waals surface area (Å²) in [5.41, 5.74) is 1.38. The Hall–Kier alpha value is -2.58. The average molecular weight is 311 g/mol. The van der Waals surface area contributed by atoms with Gasteiger partial charge in [0, 0.05) is 5.56 Å². The van der Waals surface area contributed by atoms with Crippen LogP contribution in [0.4, 0.5) is 19.0 Å². The molecule has 116 valence electrons. The standard InChI is InChI=1S/C13H12F3N5O/c1-7-8(2)11-18-19-12(13(14,15)16)21(11)20-10(7)17-6-9-4-3-5-22-9/h3-5H,6H2,1-2H3,(H,17,20). The fourth-order valence-electron chi connectivity index (χ4n) is 2.06. The van der Waals surface area contributed by atoms with Crippen LogP contribution in [0.2, 0.25) is 0 Å². The minimum Gasteiger partial charge on any atom is -0.467 e. The van der Waals surface area contributed by atoms with Crippen LogP contribution in [0.3, 0.4) is 0 Å². The molecule has 6 nitrogen and oxygen atoms in total. The Morgan fingerprint density at radius 2 is 2.00 bits per heavy atom. The van der Waals surface area contributed by atoms with Crippen LogP contribution in [0.1, 0.15) is 22.7 Å².